The van der Waals surface area contributed by atoms with Crippen molar-refractivity contribution in [1.29, 1.82) is 0 Å². The Morgan fingerprint density at radius 2 is 2.19 bits per heavy atom. The number of aromatic nitrogens is 2. The van der Waals surface area contributed by atoms with E-state index in [2.05, 4.69) is 50.2 Å². The average Bonchev–Trinajstić information content (AvgIpc) is 3.27. The predicted octanol–water partition coefficient (Wildman–Crippen LogP) is 3.39. The van der Waals surface area contributed by atoms with Gasteiger partial charge in [-0.15, -0.1) is 35.3 Å². The first-order chi connectivity index (χ1) is 12.1. The molecule has 0 saturated carbocycles. The maximum Gasteiger partial charge on any atom is 0.246 e. The van der Waals surface area contributed by atoms with E-state index in [0.717, 1.165) is 18.9 Å². The highest BCUT2D eigenvalue weighted by molar-refractivity contribution is 14.0. The molecular weight excluding hydrogens is 465 g/mol. The molecule has 0 aliphatic carbocycles. The SMILES string of the molecule is CCOC(C)c1noc(CNC(=NC)NCC(C)Cc2cccs2)n1.I. The Bertz CT molecular complexity index is 647. The zero-order chi connectivity index (χ0) is 18.1. The molecule has 0 saturated heterocycles. The third-order valence-electron chi connectivity index (χ3n) is 3.64. The quantitative estimate of drug-likeness (QED) is 0.317. The standard InChI is InChI=1S/C17H27N5O2S.HI/c1-5-23-13(3)16-21-15(24-22-16)11-20-17(18-4)19-10-12(2)9-14-7-6-8-25-14;/h6-8,12-13H,5,9-11H2,1-4H3,(H2,18,19,20);1H. The Hall–Kier alpha value is -1.20. The number of nitrogens with zero attached hydrogens (tertiary/aromatic N) is 3. The van der Waals surface area contributed by atoms with Gasteiger partial charge in [-0.2, -0.15) is 4.98 Å². The summed E-state index contributed by atoms with van der Waals surface area (Å²) in [4.78, 5) is 9.96. The van der Waals surface area contributed by atoms with E-state index in [1.807, 2.05) is 13.8 Å². The fourth-order valence-corrected chi connectivity index (χ4v) is 3.19. The molecule has 0 aromatic carbocycles. The number of hydrogen-bond acceptors (Lipinski definition) is 6. The molecule has 2 aromatic rings. The van der Waals surface area contributed by atoms with Crippen molar-refractivity contribution in [2.24, 2.45) is 10.9 Å². The van der Waals surface area contributed by atoms with E-state index >= 15 is 0 Å². The highest BCUT2D eigenvalue weighted by Crippen LogP contribution is 2.14. The molecule has 0 fully saturated rings. The minimum Gasteiger partial charge on any atom is -0.371 e. The number of aliphatic imine (C=N–C) groups is 1. The lowest BCUT2D eigenvalue weighted by molar-refractivity contribution is 0.0683. The van der Waals surface area contributed by atoms with Gasteiger partial charge in [0.1, 0.15) is 6.10 Å². The van der Waals surface area contributed by atoms with Gasteiger partial charge in [0.05, 0.1) is 6.54 Å². The predicted molar refractivity (Wildman–Crippen MR) is 115 cm³/mol. The topological polar surface area (TPSA) is 84.6 Å². The fraction of sp³-hybridized carbons (Fsp3) is 0.588. The zero-order valence-electron chi connectivity index (χ0n) is 15.7. The lowest BCUT2D eigenvalue weighted by atomic mass is 10.1. The number of thiophene rings is 1. The molecule has 0 bridgehead atoms. The maximum atomic E-state index is 5.46. The summed E-state index contributed by atoms with van der Waals surface area (Å²) in [6, 6.07) is 4.26. The summed E-state index contributed by atoms with van der Waals surface area (Å²) >= 11 is 1.80. The highest BCUT2D eigenvalue weighted by Gasteiger charge is 2.14. The zero-order valence-corrected chi connectivity index (χ0v) is 18.8. The summed E-state index contributed by atoms with van der Waals surface area (Å²) < 4.78 is 10.7. The molecule has 9 heteroatoms. The molecule has 7 nitrogen and oxygen atoms in total. The van der Waals surface area contributed by atoms with Crippen LogP contribution in [-0.2, 0) is 17.7 Å². The molecule has 0 spiro atoms. The van der Waals surface area contributed by atoms with Crippen LogP contribution >= 0.6 is 35.3 Å². The van der Waals surface area contributed by atoms with Crippen molar-refractivity contribution >= 4 is 41.3 Å². The van der Waals surface area contributed by atoms with Gasteiger partial charge in [-0.3, -0.25) is 4.99 Å². The van der Waals surface area contributed by atoms with Crippen LogP contribution in [0.4, 0.5) is 0 Å². The van der Waals surface area contributed by atoms with Crippen molar-refractivity contribution < 1.29 is 9.26 Å². The Kier molecular flexibility index (Phi) is 10.7. The van der Waals surface area contributed by atoms with Gasteiger partial charge in [0.2, 0.25) is 5.89 Å². The number of halogens is 1. The molecular formula is C17H28IN5O2S. The van der Waals surface area contributed by atoms with E-state index in [9.17, 15) is 0 Å². The Morgan fingerprint density at radius 1 is 1.38 bits per heavy atom. The highest BCUT2D eigenvalue weighted by atomic mass is 127. The second-order valence-corrected chi connectivity index (χ2v) is 6.87. The van der Waals surface area contributed by atoms with E-state index in [4.69, 9.17) is 9.26 Å². The van der Waals surface area contributed by atoms with Crippen molar-refractivity contribution in [1.82, 2.24) is 20.8 Å². The van der Waals surface area contributed by atoms with Crippen LogP contribution in [0.3, 0.4) is 0 Å². The Balaban J connectivity index is 0.00000338. The van der Waals surface area contributed by atoms with E-state index < -0.39 is 0 Å². The van der Waals surface area contributed by atoms with E-state index in [1.165, 1.54) is 4.88 Å². The van der Waals surface area contributed by atoms with Crippen LogP contribution in [0.25, 0.3) is 0 Å². The van der Waals surface area contributed by atoms with Crippen LogP contribution in [0.1, 0.15) is 43.5 Å². The first-order valence-electron chi connectivity index (χ1n) is 8.53. The second kappa shape index (κ2) is 12.2. The van der Waals surface area contributed by atoms with Gasteiger partial charge in [0.25, 0.3) is 0 Å². The number of nitrogens with one attached hydrogen (secondary N) is 2. The monoisotopic (exact) mass is 493 g/mol. The van der Waals surface area contributed by atoms with Gasteiger partial charge in [0.15, 0.2) is 11.8 Å². The first-order valence-corrected chi connectivity index (χ1v) is 9.41. The Labute approximate surface area is 176 Å². The summed E-state index contributed by atoms with van der Waals surface area (Å²) in [5.74, 6) is 2.30. The van der Waals surface area contributed by atoms with Gasteiger partial charge in [-0.05, 0) is 37.6 Å². The molecule has 0 aliphatic rings. The lowest BCUT2D eigenvalue weighted by Crippen LogP contribution is -2.39. The molecule has 2 heterocycles. The van der Waals surface area contributed by atoms with Gasteiger partial charge >= 0.3 is 0 Å². The Morgan fingerprint density at radius 3 is 2.85 bits per heavy atom. The summed E-state index contributed by atoms with van der Waals surface area (Å²) in [6.45, 7) is 7.94. The largest absolute Gasteiger partial charge is 0.371 e. The van der Waals surface area contributed by atoms with Gasteiger partial charge in [0, 0.05) is 25.1 Å². The van der Waals surface area contributed by atoms with E-state index in [-0.39, 0.29) is 30.1 Å². The van der Waals surface area contributed by atoms with Crippen LogP contribution in [-0.4, -0.2) is 36.3 Å². The number of ether oxygens (including phenoxy) is 1. The third-order valence-corrected chi connectivity index (χ3v) is 4.54. The number of hydrogen-bond donors (Lipinski definition) is 2. The molecule has 2 aromatic heterocycles. The molecule has 0 amide bonds. The van der Waals surface area contributed by atoms with Crippen LogP contribution in [0.2, 0.25) is 0 Å². The van der Waals surface area contributed by atoms with Crippen molar-refractivity contribution in [2.45, 2.75) is 39.8 Å². The van der Waals surface area contributed by atoms with Crippen molar-refractivity contribution in [3.8, 4) is 0 Å². The molecule has 26 heavy (non-hydrogen) atoms. The summed E-state index contributed by atoms with van der Waals surface area (Å²) in [6.07, 6.45) is 0.891. The van der Waals surface area contributed by atoms with Crippen LogP contribution in [0.5, 0.6) is 0 Å². The summed E-state index contributed by atoms with van der Waals surface area (Å²) in [7, 11) is 1.75. The summed E-state index contributed by atoms with van der Waals surface area (Å²) in [5, 5.41) is 12.6. The van der Waals surface area contributed by atoms with Crippen LogP contribution in [0.15, 0.2) is 27.0 Å². The van der Waals surface area contributed by atoms with Crippen molar-refractivity contribution in [2.75, 3.05) is 20.2 Å². The molecule has 0 aliphatic heterocycles. The molecule has 2 atom stereocenters. The molecule has 146 valence electrons. The summed E-state index contributed by atoms with van der Waals surface area (Å²) in [5.41, 5.74) is 0. The minimum absolute atomic E-state index is 0. The molecule has 2 unspecified atom stereocenters. The van der Waals surface area contributed by atoms with E-state index in [1.54, 1.807) is 18.4 Å². The van der Waals surface area contributed by atoms with Gasteiger partial charge in [-0.25, -0.2) is 0 Å². The smallest absolute Gasteiger partial charge is 0.246 e. The lowest BCUT2D eigenvalue weighted by Gasteiger charge is -2.14. The van der Waals surface area contributed by atoms with Crippen LogP contribution < -0.4 is 10.6 Å². The second-order valence-electron chi connectivity index (χ2n) is 5.84. The molecule has 0 radical (unpaired) electrons. The van der Waals surface area contributed by atoms with Gasteiger partial charge in [-0.1, -0.05) is 18.1 Å². The van der Waals surface area contributed by atoms with Crippen LogP contribution in [0, 0.1) is 5.92 Å². The van der Waals surface area contributed by atoms with Gasteiger partial charge < -0.3 is 19.9 Å². The number of rotatable bonds is 9. The molecule has 2 N–H and O–H groups in total. The maximum absolute atomic E-state index is 5.46. The fourth-order valence-electron chi connectivity index (χ4n) is 2.32. The normalized spacial score (nSPS) is 13.8. The minimum atomic E-state index is -0.168. The van der Waals surface area contributed by atoms with Crippen molar-refractivity contribution in [3.05, 3.63) is 34.1 Å². The van der Waals surface area contributed by atoms with E-state index in [0.29, 0.717) is 30.8 Å². The number of guanidine groups is 1. The first kappa shape index (κ1) is 22.8. The third kappa shape index (κ3) is 7.58. The molecule has 2 rings (SSSR count). The average molecular weight is 493 g/mol. The van der Waals surface area contributed by atoms with Crippen molar-refractivity contribution in [3.63, 3.8) is 0 Å².